The molecule has 1 aromatic heterocycles. The molecule has 0 unspecified atom stereocenters. The molecule has 3 rings (SSSR count). The summed E-state index contributed by atoms with van der Waals surface area (Å²) in [4.78, 5) is 26.6. The number of carbonyl (C=O) groups excluding carboxylic acids is 1. The molecule has 0 saturated carbocycles. The van der Waals surface area contributed by atoms with Gasteiger partial charge in [-0.05, 0) is 35.7 Å². The Morgan fingerprint density at radius 2 is 1.88 bits per heavy atom. The van der Waals surface area contributed by atoms with E-state index in [1.54, 1.807) is 31.3 Å². The van der Waals surface area contributed by atoms with Gasteiger partial charge in [-0.1, -0.05) is 12.1 Å². The first kappa shape index (κ1) is 15.5. The number of carbonyl (C=O) groups is 2. The fraction of sp³-hybridized carbons (Fsp3) is 0.0556. The average molecular weight is 322 g/mol. The molecule has 6 heteroatoms. The fourth-order valence-corrected chi connectivity index (χ4v) is 2.31. The number of nitrogens with zero attached hydrogens (tertiary/aromatic N) is 1. The number of carboxylic acid groups (broad SMARTS) is 1. The van der Waals surface area contributed by atoms with Gasteiger partial charge in [0.05, 0.1) is 5.56 Å². The highest BCUT2D eigenvalue weighted by molar-refractivity contribution is 5.99. The standard InChI is InChI=1S/C18H14N2O4/c1-19-17(21)12-5-7-14-11(9-12)3-2-4-15(14)24-16-8-6-13(10-20-16)18(22)23/h2-10H,1H3,(H,19,21)(H,22,23). The highest BCUT2D eigenvalue weighted by Crippen LogP contribution is 2.29. The Hall–Kier alpha value is -3.41. The van der Waals surface area contributed by atoms with Crippen molar-refractivity contribution in [3.8, 4) is 11.6 Å². The third-order valence-corrected chi connectivity index (χ3v) is 3.53. The molecule has 0 fully saturated rings. The number of hydrogen-bond donors (Lipinski definition) is 2. The van der Waals surface area contributed by atoms with Gasteiger partial charge < -0.3 is 15.2 Å². The zero-order valence-corrected chi connectivity index (χ0v) is 12.8. The van der Waals surface area contributed by atoms with Gasteiger partial charge in [-0.15, -0.1) is 0 Å². The van der Waals surface area contributed by atoms with Crippen LogP contribution in [0, 0.1) is 0 Å². The third-order valence-electron chi connectivity index (χ3n) is 3.53. The maximum absolute atomic E-state index is 11.7. The van der Waals surface area contributed by atoms with E-state index in [4.69, 9.17) is 9.84 Å². The molecule has 0 aliphatic rings. The Balaban J connectivity index is 1.94. The lowest BCUT2D eigenvalue weighted by Gasteiger charge is -2.09. The van der Waals surface area contributed by atoms with Crippen LogP contribution < -0.4 is 10.1 Å². The quantitative estimate of drug-likeness (QED) is 0.770. The van der Waals surface area contributed by atoms with E-state index in [9.17, 15) is 9.59 Å². The number of hydrogen-bond acceptors (Lipinski definition) is 4. The normalized spacial score (nSPS) is 10.4. The summed E-state index contributed by atoms with van der Waals surface area (Å²) in [5.74, 6) is -0.329. The van der Waals surface area contributed by atoms with E-state index >= 15 is 0 Å². The first-order valence-corrected chi connectivity index (χ1v) is 7.20. The highest BCUT2D eigenvalue weighted by Gasteiger charge is 2.09. The Labute approximate surface area is 137 Å². The summed E-state index contributed by atoms with van der Waals surface area (Å²) < 4.78 is 5.75. The molecule has 3 aromatic rings. The molecule has 0 aliphatic heterocycles. The van der Waals surface area contributed by atoms with E-state index in [0.717, 1.165) is 10.8 Å². The summed E-state index contributed by atoms with van der Waals surface area (Å²) in [6, 6.07) is 13.7. The molecule has 2 aromatic carbocycles. The van der Waals surface area contributed by atoms with Crippen molar-refractivity contribution < 1.29 is 19.4 Å². The van der Waals surface area contributed by atoms with Gasteiger partial charge >= 0.3 is 5.97 Å². The predicted octanol–water partition coefficient (Wildman–Crippen LogP) is 3.08. The lowest BCUT2D eigenvalue weighted by Crippen LogP contribution is -2.17. The second kappa shape index (κ2) is 6.37. The first-order valence-electron chi connectivity index (χ1n) is 7.20. The van der Waals surface area contributed by atoms with Crippen molar-refractivity contribution in [1.82, 2.24) is 10.3 Å². The molecule has 120 valence electrons. The van der Waals surface area contributed by atoms with Gasteiger partial charge in [0.25, 0.3) is 5.91 Å². The first-order chi connectivity index (χ1) is 11.6. The molecule has 6 nitrogen and oxygen atoms in total. The van der Waals surface area contributed by atoms with Gasteiger partial charge in [0.15, 0.2) is 0 Å². The van der Waals surface area contributed by atoms with Gasteiger partial charge in [-0.3, -0.25) is 4.79 Å². The molecular formula is C18H14N2O4. The van der Waals surface area contributed by atoms with Crippen molar-refractivity contribution in [2.75, 3.05) is 7.05 Å². The van der Waals surface area contributed by atoms with Gasteiger partial charge in [-0.25, -0.2) is 9.78 Å². The molecule has 0 bridgehead atoms. The van der Waals surface area contributed by atoms with Crippen LogP contribution in [0.2, 0.25) is 0 Å². The van der Waals surface area contributed by atoms with E-state index in [2.05, 4.69) is 10.3 Å². The predicted molar refractivity (Wildman–Crippen MR) is 88.6 cm³/mol. The summed E-state index contributed by atoms with van der Waals surface area (Å²) in [5.41, 5.74) is 0.654. The van der Waals surface area contributed by atoms with Crippen LogP contribution in [0.5, 0.6) is 11.6 Å². The van der Waals surface area contributed by atoms with E-state index in [0.29, 0.717) is 17.2 Å². The number of benzene rings is 2. The van der Waals surface area contributed by atoms with Crippen molar-refractivity contribution >= 4 is 22.6 Å². The lowest BCUT2D eigenvalue weighted by molar-refractivity contribution is 0.0696. The maximum Gasteiger partial charge on any atom is 0.337 e. The van der Waals surface area contributed by atoms with Crippen LogP contribution in [-0.4, -0.2) is 29.0 Å². The number of aromatic carboxylic acids is 1. The van der Waals surface area contributed by atoms with Crippen molar-refractivity contribution in [3.05, 3.63) is 65.9 Å². The molecular weight excluding hydrogens is 308 g/mol. The third kappa shape index (κ3) is 3.03. The summed E-state index contributed by atoms with van der Waals surface area (Å²) in [5, 5.41) is 13.2. The number of nitrogens with one attached hydrogen (secondary N) is 1. The van der Waals surface area contributed by atoms with E-state index in [1.807, 2.05) is 12.1 Å². The number of pyridine rings is 1. The van der Waals surface area contributed by atoms with E-state index in [-0.39, 0.29) is 11.5 Å². The second-order valence-electron chi connectivity index (χ2n) is 5.06. The lowest BCUT2D eigenvalue weighted by atomic mass is 10.1. The van der Waals surface area contributed by atoms with Crippen molar-refractivity contribution in [1.29, 1.82) is 0 Å². The molecule has 0 aliphatic carbocycles. The molecule has 1 heterocycles. The summed E-state index contributed by atoms with van der Waals surface area (Å²) >= 11 is 0. The number of amides is 1. The average Bonchev–Trinajstić information content (AvgIpc) is 2.61. The van der Waals surface area contributed by atoms with Gasteiger partial charge in [0, 0.05) is 30.3 Å². The molecule has 1 amide bonds. The topological polar surface area (TPSA) is 88.5 Å². The Bertz CT molecular complexity index is 920. The maximum atomic E-state index is 11.7. The number of carboxylic acids is 1. The van der Waals surface area contributed by atoms with Crippen LogP contribution in [-0.2, 0) is 0 Å². The number of ether oxygens (including phenoxy) is 1. The van der Waals surface area contributed by atoms with Crippen molar-refractivity contribution in [2.24, 2.45) is 0 Å². The number of aromatic nitrogens is 1. The Morgan fingerprint density at radius 3 is 2.54 bits per heavy atom. The van der Waals surface area contributed by atoms with Crippen molar-refractivity contribution in [2.45, 2.75) is 0 Å². The minimum atomic E-state index is -1.04. The SMILES string of the molecule is CNC(=O)c1ccc2c(Oc3ccc(C(=O)O)cn3)cccc2c1. The monoisotopic (exact) mass is 322 g/mol. The fourth-order valence-electron chi connectivity index (χ4n) is 2.31. The summed E-state index contributed by atoms with van der Waals surface area (Å²) in [7, 11) is 1.58. The van der Waals surface area contributed by atoms with Gasteiger partial charge in [-0.2, -0.15) is 0 Å². The van der Waals surface area contributed by atoms with E-state index in [1.165, 1.54) is 18.3 Å². The zero-order valence-electron chi connectivity index (χ0n) is 12.8. The minimum absolute atomic E-state index is 0.0930. The van der Waals surface area contributed by atoms with Crippen molar-refractivity contribution in [3.63, 3.8) is 0 Å². The second-order valence-corrected chi connectivity index (χ2v) is 5.06. The molecule has 2 N–H and O–H groups in total. The molecule has 0 spiro atoms. The smallest absolute Gasteiger partial charge is 0.337 e. The van der Waals surface area contributed by atoms with Crippen LogP contribution >= 0.6 is 0 Å². The van der Waals surface area contributed by atoms with Crippen LogP contribution in [0.3, 0.4) is 0 Å². The van der Waals surface area contributed by atoms with Crippen LogP contribution in [0.1, 0.15) is 20.7 Å². The molecule has 0 saturated heterocycles. The molecule has 0 atom stereocenters. The Kier molecular flexibility index (Phi) is 4.11. The van der Waals surface area contributed by atoms with Crippen LogP contribution in [0.4, 0.5) is 0 Å². The number of fused-ring (bicyclic) bond motifs is 1. The highest BCUT2D eigenvalue weighted by atomic mass is 16.5. The molecule has 0 radical (unpaired) electrons. The van der Waals surface area contributed by atoms with Crippen LogP contribution in [0.25, 0.3) is 10.8 Å². The van der Waals surface area contributed by atoms with Gasteiger partial charge in [0.2, 0.25) is 5.88 Å². The zero-order chi connectivity index (χ0) is 17.1. The Morgan fingerprint density at radius 1 is 1.08 bits per heavy atom. The summed E-state index contributed by atoms with van der Waals surface area (Å²) in [6.45, 7) is 0. The largest absolute Gasteiger partial charge is 0.478 e. The van der Waals surface area contributed by atoms with Crippen LogP contribution in [0.15, 0.2) is 54.7 Å². The summed E-state index contributed by atoms with van der Waals surface area (Å²) in [6.07, 6.45) is 1.24. The van der Waals surface area contributed by atoms with E-state index < -0.39 is 5.97 Å². The minimum Gasteiger partial charge on any atom is -0.478 e. The number of rotatable bonds is 4. The van der Waals surface area contributed by atoms with Gasteiger partial charge in [0.1, 0.15) is 5.75 Å². The molecule has 24 heavy (non-hydrogen) atoms.